The number of nitrogens with one attached hydrogen (secondary N) is 1. The monoisotopic (exact) mass is 213 g/mol. The molecule has 0 aliphatic carbocycles. The van der Waals surface area contributed by atoms with Crippen LogP contribution < -0.4 is 11.1 Å². The lowest BCUT2D eigenvalue weighted by Gasteiger charge is -2.25. The zero-order valence-electron chi connectivity index (χ0n) is 9.08. The molecule has 0 spiro atoms. The summed E-state index contributed by atoms with van der Waals surface area (Å²) in [5.74, 6) is 0.509. The van der Waals surface area contributed by atoms with Crippen molar-refractivity contribution < 1.29 is 0 Å². The van der Waals surface area contributed by atoms with E-state index in [1.807, 2.05) is 11.6 Å². The lowest BCUT2D eigenvalue weighted by atomic mass is 10.1. The average molecular weight is 213 g/mol. The molecule has 1 unspecified atom stereocenters. The van der Waals surface area contributed by atoms with Crippen LogP contribution in [0, 0.1) is 5.92 Å². The summed E-state index contributed by atoms with van der Waals surface area (Å²) in [6, 6.07) is 0. The normalized spacial score (nSPS) is 14.3. The molecule has 0 saturated carbocycles. The topological polar surface area (TPSA) is 50.9 Å². The molecule has 3 nitrogen and oxygen atoms in total. The summed E-state index contributed by atoms with van der Waals surface area (Å²) in [6.45, 7) is 8.10. The van der Waals surface area contributed by atoms with Gasteiger partial charge in [0.25, 0.3) is 0 Å². The van der Waals surface area contributed by atoms with E-state index in [-0.39, 0.29) is 5.54 Å². The van der Waals surface area contributed by atoms with E-state index >= 15 is 0 Å². The molecule has 0 bridgehead atoms. The van der Waals surface area contributed by atoms with Gasteiger partial charge in [0.1, 0.15) is 5.01 Å². The first kappa shape index (κ1) is 11.6. The molecule has 1 aromatic rings. The van der Waals surface area contributed by atoms with Crippen LogP contribution in [0.2, 0.25) is 0 Å². The van der Waals surface area contributed by atoms with Gasteiger partial charge in [0, 0.05) is 11.6 Å². The van der Waals surface area contributed by atoms with Crippen LogP contribution in [0.1, 0.15) is 25.8 Å². The first-order valence-electron chi connectivity index (χ1n) is 4.91. The van der Waals surface area contributed by atoms with Crippen molar-refractivity contribution in [3.63, 3.8) is 0 Å². The van der Waals surface area contributed by atoms with Crippen LogP contribution in [-0.4, -0.2) is 18.1 Å². The van der Waals surface area contributed by atoms with Gasteiger partial charge in [-0.15, -0.1) is 11.3 Å². The summed E-state index contributed by atoms with van der Waals surface area (Å²) in [4.78, 5) is 4.32. The second-order valence-electron chi connectivity index (χ2n) is 4.18. The highest BCUT2D eigenvalue weighted by Crippen LogP contribution is 2.21. The minimum atomic E-state index is -0.0441. The fourth-order valence-corrected chi connectivity index (χ4v) is 1.86. The first-order chi connectivity index (χ1) is 6.56. The Bertz CT molecular complexity index is 256. The lowest BCUT2D eigenvalue weighted by Crippen LogP contribution is -2.40. The van der Waals surface area contributed by atoms with E-state index in [0.717, 1.165) is 18.1 Å². The molecule has 0 aromatic carbocycles. The van der Waals surface area contributed by atoms with E-state index in [2.05, 4.69) is 31.1 Å². The zero-order valence-corrected chi connectivity index (χ0v) is 9.90. The molecule has 0 amide bonds. The van der Waals surface area contributed by atoms with Gasteiger partial charge in [-0.2, -0.15) is 0 Å². The van der Waals surface area contributed by atoms with Crippen LogP contribution in [0.5, 0.6) is 0 Å². The van der Waals surface area contributed by atoms with Gasteiger partial charge in [-0.25, -0.2) is 4.98 Å². The van der Waals surface area contributed by atoms with E-state index in [1.54, 1.807) is 11.3 Å². The molecule has 1 atom stereocenters. The Labute approximate surface area is 89.7 Å². The van der Waals surface area contributed by atoms with Gasteiger partial charge < -0.3 is 11.1 Å². The van der Waals surface area contributed by atoms with Gasteiger partial charge in [-0.3, -0.25) is 0 Å². The van der Waals surface area contributed by atoms with Gasteiger partial charge in [0.15, 0.2) is 0 Å². The fraction of sp³-hybridized carbons (Fsp3) is 0.700. The summed E-state index contributed by atoms with van der Waals surface area (Å²) in [7, 11) is 0. The smallest absolute Gasteiger partial charge is 0.112 e. The van der Waals surface area contributed by atoms with Gasteiger partial charge >= 0.3 is 0 Å². The van der Waals surface area contributed by atoms with Crippen molar-refractivity contribution in [2.45, 2.75) is 26.3 Å². The SMILES string of the molecule is CC(CN)CNC(C)(C)c1nccs1. The third-order valence-corrected chi connectivity index (χ3v) is 3.36. The van der Waals surface area contributed by atoms with Crippen molar-refractivity contribution >= 4 is 11.3 Å². The molecule has 4 heteroatoms. The van der Waals surface area contributed by atoms with Crippen molar-refractivity contribution in [2.24, 2.45) is 11.7 Å². The van der Waals surface area contributed by atoms with Crippen LogP contribution in [0.25, 0.3) is 0 Å². The maximum Gasteiger partial charge on any atom is 0.112 e. The molecule has 0 aliphatic heterocycles. The number of thiazole rings is 1. The standard InChI is InChI=1S/C10H19N3S/c1-8(6-11)7-13-10(2,3)9-12-4-5-14-9/h4-5,8,13H,6-7,11H2,1-3H3. The second-order valence-corrected chi connectivity index (χ2v) is 5.08. The summed E-state index contributed by atoms with van der Waals surface area (Å²) < 4.78 is 0. The number of nitrogens with two attached hydrogens (primary N) is 1. The predicted molar refractivity (Wildman–Crippen MR) is 61.4 cm³/mol. The minimum absolute atomic E-state index is 0.0441. The number of nitrogens with zero attached hydrogens (tertiary/aromatic N) is 1. The molecule has 80 valence electrons. The molecular weight excluding hydrogens is 194 g/mol. The number of hydrogen-bond donors (Lipinski definition) is 2. The number of rotatable bonds is 5. The number of hydrogen-bond acceptors (Lipinski definition) is 4. The van der Waals surface area contributed by atoms with Crippen molar-refractivity contribution in [2.75, 3.05) is 13.1 Å². The molecule has 0 radical (unpaired) electrons. The molecule has 1 aromatic heterocycles. The van der Waals surface area contributed by atoms with Gasteiger partial charge in [-0.05, 0) is 32.9 Å². The summed E-state index contributed by atoms with van der Waals surface area (Å²) >= 11 is 1.68. The quantitative estimate of drug-likeness (QED) is 0.780. The molecule has 0 aliphatic rings. The fourth-order valence-electron chi connectivity index (χ4n) is 1.12. The molecule has 1 rings (SSSR count). The number of aromatic nitrogens is 1. The van der Waals surface area contributed by atoms with Crippen LogP contribution >= 0.6 is 11.3 Å². The van der Waals surface area contributed by atoms with Crippen molar-refractivity contribution in [1.82, 2.24) is 10.3 Å². The molecule has 0 saturated heterocycles. The Balaban J connectivity index is 2.50. The van der Waals surface area contributed by atoms with Crippen molar-refractivity contribution in [1.29, 1.82) is 0 Å². The van der Waals surface area contributed by atoms with E-state index in [4.69, 9.17) is 5.73 Å². The lowest BCUT2D eigenvalue weighted by molar-refractivity contribution is 0.366. The molecule has 0 fully saturated rings. The molecular formula is C10H19N3S. The minimum Gasteiger partial charge on any atom is -0.330 e. The maximum absolute atomic E-state index is 5.57. The van der Waals surface area contributed by atoms with E-state index in [0.29, 0.717) is 5.92 Å². The van der Waals surface area contributed by atoms with Crippen LogP contribution in [0.15, 0.2) is 11.6 Å². The van der Waals surface area contributed by atoms with Crippen LogP contribution in [0.4, 0.5) is 0 Å². The van der Waals surface area contributed by atoms with Crippen molar-refractivity contribution in [3.05, 3.63) is 16.6 Å². The van der Waals surface area contributed by atoms with E-state index in [1.165, 1.54) is 0 Å². The third kappa shape index (κ3) is 3.04. The third-order valence-electron chi connectivity index (χ3n) is 2.26. The Morgan fingerprint density at radius 2 is 2.36 bits per heavy atom. The summed E-state index contributed by atoms with van der Waals surface area (Å²) in [5, 5.41) is 6.61. The largest absolute Gasteiger partial charge is 0.330 e. The second kappa shape index (κ2) is 4.87. The Hall–Kier alpha value is -0.450. The van der Waals surface area contributed by atoms with Gasteiger partial charge in [0.2, 0.25) is 0 Å². The first-order valence-corrected chi connectivity index (χ1v) is 5.79. The Morgan fingerprint density at radius 1 is 1.64 bits per heavy atom. The zero-order chi connectivity index (χ0) is 10.6. The van der Waals surface area contributed by atoms with E-state index < -0.39 is 0 Å². The molecule has 3 N–H and O–H groups in total. The maximum atomic E-state index is 5.57. The van der Waals surface area contributed by atoms with Gasteiger partial charge in [0.05, 0.1) is 5.54 Å². The molecule has 1 heterocycles. The van der Waals surface area contributed by atoms with E-state index in [9.17, 15) is 0 Å². The highest BCUT2D eigenvalue weighted by atomic mass is 32.1. The van der Waals surface area contributed by atoms with Crippen LogP contribution in [0.3, 0.4) is 0 Å². The highest BCUT2D eigenvalue weighted by molar-refractivity contribution is 7.09. The Morgan fingerprint density at radius 3 is 2.86 bits per heavy atom. The average Bonchev–Trinajstić information content (AvgIpc) is 2.67. The molecule has 14 heavy (non-hydrogen) atoms. The highest BCUT2D eigenvalue weighted by Gasteiger charge is 2.22. The van der Waals surface area contributed by atoms with Crippen LogP contribution in [-0.2, 0) is 5.54 Å². The van der Waals surface area contributed by atoms with Crippen molar-refractivity contribution in [3.8, 4) is 0 Å². The van der Waals surface area contributed by atoms with Gasteiger partial charge in [-0.1, -0.05) is 6.92 Å². The predicted octanol–water partition coefficient (Wildman–Crippen LogP) is 1.56. The summed E-state index contributed by atoms with van der Waals surface area (Å²) in [5.41, 5.74) is 5.52. The summed E-state index contributed by atoms with van der Waals surface area (Å²) in [6.07, 6.45) is 1.84. The Kier molecular flexibility index (Phi) is 4.04.